The van der Waals surface area contributed by atoms with E-state index in [2.05, 4.69) is 50.0 Å². The zero-order valence-corrected chi connectivity index (χ0v) is 19.8. The molecule has 0 saturated heterocycles. The average molecular weight is 445 g/mol. The number of furan rings is 1. The molecule has 0 aliphatic rings. The van der Waals surface area contributed by atoms with Crippen molar-refractivity contribution < 1.29 is 9.21 Å². The van der Waals surface area contributed by atoms with Crippen LogP contribution in [0.2, 0.25) is 0 Å². The zero-order chi connectivity index (χ0) is 22.7. The molecule has 0 fully saturated rings. The molecule has 0 atom stereocenters. The maximum Gasteiger partial charge on any atom is 0.274 e. The number of thiazole rings is 1. The number of carbonyl (C=O) groups is 1. The van der Waals surface area contributed by atoms with Crippen molar-refractivity contribution in [3.05, 3.63) is 101 Å². The second kappa shape index (κ2) is 9.13. The van der Waals surface area contributed by atoms with Crippen LogP contribution in [0.5, 0.6) is 0 Å². The van der Waals surface area contributed by atoms with Crippen molar-refractivity contribution in [1.29, 1.82) is 0 Å². The second-order valence-electron chi connectivity index (χ2n) is 8.96. The fourth-order valence-corrected chi connectivity index (χ4v) is 4.54. The predicted octanol–water partition coefficient (Wildman–Crippen LogP) is 6.85. The minimum Gasteiger partial charge on any atom is -0.467 e. The van der Waals surface area contributed by atoms with E-state index in [1.165, 1.54) is 5.56 Å². The molecule has 0 radical (unpaired) electrons. The van der Waals surface area contributed by atoms with Gasteiger partial charge >= 0.3 is 0 Å². The van der Waals surface area contributed by atoms with E-state index in [1.54, 1.807) is 17.6 Å². The van der Waals surface area contributed by atoms with Gasteiger partial charge < -0.3 is 9.32 Å². The maximum atomic E-state index is 13.7. The van der Waals surface area contributed by atoms with Gasteiger partial charge in [-0.05, 0) is 41.2 Å². The third-order valence-corrected chi connectivity index (χ3v) is 6.40. The fraction of sp³-hybridized carbons (Fsp3) is 0.259. The Labute approximate surface area is 193 Å². The standard InChI is InChI=1S/C27H28N2O2S/c1-19-28-24(25(32-19)21-9-6-5-7-10-21)26(30)29(18-23-11-8-16-31-23)17-20-12-14-22(15-13-20)27(2,3)4/h5-16H,17-18H2,1-4H3. The fourth-order valence-electron chi connectivity index (χ4n) is 3.63. The lowest BCUT2D eigenvalue weighted by Gasteiger charge is -2.23. The van der Waals surface area contributed by atoms with Gasteiger partial charge in [-0.25, -0.2) is 4.98 Å². The summed E-state index contributed by atoms with van der Waals surface area (Å²) in [6, 6.07) is 22.2. The lowest BCUT2D eigenvalue weighted by atomic mass is 9.87. The normalized spacial score (nSPS) is 11.5. The predicted molar refractivity (Wildman–Crippen MR) is 130 cm³/mol. The van der Waals surface area contributed by atoms with E-state index in [0.717, 1.165) is 26.8 Å². The Bertz CT molecular complexity index is 1170. The van der Waals surface area contributed by atoms with E-state index >= 15 is 0 Å². The number of amides is 1. The molecular formula is C27H28N2O2S. The molecule has 0 unspecified atom stereocenters. The van der Waals surface area contributed by atoms with Crippen LogP contribution in [0.3, 0.4) is 0 Å². The van der Waals surface area contributed by atoms with Gasteiger partial charge in [0, 0.05) is 6.54 Å². The average Bonchev–Trinajstić information content (AvgIpc) is 3.43. The van der Waals surface area contributed by atoms with Crippen molar-refractivity contribution in [1.82, 2.24) is 9.88 Å². The number of aromatic nitrogens is 1. The SMILES string of the molecule is Cc1nc(C(=O)N(Cc2ccc(C(C)(C)C)cc2)Cc2ccco2)c(-c2ccccc2)s1. The number of aryl methyl sites for hydroxylation is 1. The molecule has 164 valence electrons. The van der Waals surface area contributed by atoms with Crippen LogP contribution in [0.25, 0.3) is 10.4 Å². The van der Waals surface area contributed by atoms with Crippen molar-refractivity contribution in [3.63, 3.8) is 0 Å². The van der Waals surface area contributed by atoms with E-state index in [9.17, 15) is 4.79 Å². The number of hydrogen-bond acceptors (Lipinski definition) is 4. The van der Waals surface area contributed by atoms with Crippen LogP contribution < -0.4 is 0 Å². The first-order valence-corrected chi connectivity index (χ1v) is 11.6. The highest BCUT2D eigenvalue weighted by atomic mass is 32.1. The highest BCUT2D eigenvalue weighted by Gasteiger charge is 2.25. The topological polar surface area (TPSA) is 46.3 Å². The summed E-state index contributed by atoms with van der Waals surface area (Å²) < 4.78 is 5.56. The van der Waals surface area contributed by atoms with Gasteiger partial charge in [-0.1, -0.05) is 75.4 Å². The van der Waals surface area contributed by atoms with Crippen molar-refractivity contribution in [3.8, 4) is 10.4 Å². The quantitative estimate of drug-likeness (QED) is 0.327. The number of nitrogens with zero attached hydrogens (tertiary/aromatic N) is 2. The summed E-state index contributed by atoms with van der Waals surface area (Å²) in [5, 5.41) is 0.875. The van der Waals surface area contributed by atoms with Crippen LogP contribution in [0.15, 0.2) is 77.4 Å². The van der Waals surface area contributed by atoms with Crippen molar-refractivity contribution in [2.75, 3.05) is 0 Å². The van der Waals surface area contributed by atoms with Crippen molar-refractivity contribution >= 4 is 17.2 Å². The number of benzene rings is 2. The van der Waals surface area contributed by atoms with E-state index in [-0.39, 0.29) is 11.3 Å². The molecule has 2 aromatic heterocycles. The molecular weight excluding hydrogens is 416 g/mol. The summed E-state index contributed by atoms with van der Waals surface area (Å²) in [6.45, 7) is 9.40. The van der Waals surface area contributed by atoms with E-state index < -0.39 is 0 Å². The first-order chi connectivity index (χ1) is 15.3. The van der Waals surface area contributed by atoms with Crippen molar-refractivity contribution in [2.24, 2.45) is 0 Å². The Balaban J connectivity index is 1.66. The van der Waals surface area contributed by atoms with E-state index in [4.69, 9.17) is 4.42 Å². The molecule has 0 N–H and O–H groups in total. The van der Waals surface area contributed by atoms with Gasteiger partial charge in [0.15, 0.2) is 0 Å². The lowest BCUT2D eigenvalue weighted by Crippen LogP contribution is -2.30. The third kappa shape index (κ3) is 5.00. The highest BCUT2D eigenvalue weighted by Crippen LogP contribution is 2.31. The van der Waals surface area contributed by atoms with Crippen LogP contribution in [-0.2, 0) is 18.5 Å². The molecule has 0 bridgehead atoms. The molecule has 4 nitrogen and oxygen atoms in total. The van der Waals surface area contributed by atoms with E-state index in [1.807, 2.05) is 54.3 Å². The molecule has 32 heavy (non-hydrogen) atoms. The zero-order valence-electron chi connectivity index (χ0n) is 19.0. The Morgan fingerprint density at radius 3 is 2.31 bits per heavy atom. The monoisotopic (exact) mass is 444 g/mol. The molecule has 0 aliphatic carbocycles. The van der Waals surface area contributed by atoms with Gasteiger partial charge in [-0.2, -0.15) is 0 Å². The van der Waals surface area contributed by atoms with Gasteiger partial charge in [0.1, 0.15) is 11.5 Å². The molecule has 2 heterocycles. The van der Waals surface area contributed by atoms with Crippen molar-refractivity contribution in [2.45, 2.75) is 46.2 Å². The molecule has 5 heteroatoms. The summed E-state index contributed by atoms with van der Waals surface area (Å²) in [4.78, 5) is 21.1. The third-order valence-electron chi connectivity index (χ3n) is 5.38. The summed E-state index contributed by atoms with van der Waals surface area (Å²) in [7, 11) is 0. The summed E-state index contributed by atoms with van der Waals surface area (Å²) in [5.41, 5.74) is 3.94. The number of rotatable bonds is 6. The van der Waals surface area contributed by atoms with Crippen LogP contribution in [0, 0.1) is 6.92 Å². The van der Waals surface area contributed by atoms with Crippen LogP contribution >= 0.6 is 11.3 Å². The molecule has 0 spiro atoms. The Morgan fingerprint density at radius 1 is 0.969 bits per heavy atom. The smallest absolute Gasteiger partial charge is 0.274 e. The minimum absolute atomic E-state index is 0.0882. The molecule has 0 aliphatic heterocycles. The van der Waals surface area contributed by atoms with Gasteiger partial charge in [0.2, 0.25) is 0 Å². The van der Waals surface area contributed by atoms with Gasteiger partial charge in [-0.15, -0.1) is 11.3 Å². The molecule has 4 aromatic rings. The maximum absolute atomic E-state index is 13.7. The van der Waals surface area contributed by atoms with Gasteiger partial charge in [0.25, 0.3) is 5.91 Å². The summed E-state index contributed by atoms with van der Waals surface area (Å²) in [6.07, 6.45) is 1.64. The van der Waals surface area contributed by atoms with Gasteiger partial charge in [0.05, 0.1) is 22.7 Å². The van der Waals surface area contributed by atoms with E-state index in [0.29, 0.717) is 18.8 Å². The van der Waals surface area contributed by atoms with Crippen LogP contribution in [-0.4, -0.2) is 15.8 Å². The lowest BCUT2D eigenvalue weighted by molar-refractivity contribution is 0.0713. The molecule has 1 amide bonds. The highest BCUT2D eigenvalue weighted by molar-refractivity contribution is 7.15. The Kier molecular flexibility index (Phi) is 6.28. The first kappa shape index (κ1) is 22.0. The summed E-state index contributed by atoms with van der Waals surface area (Å²) in [5.74, 6) is 0.655. The number of carbonyl (C=O) groups excluding carboxylic acids is 1. The minimum atomic E-state index is -0.0931. The molecule has 4 rings (SSSR count). The van der Waals surface area contributed by atoms with Gasteiger partial charge in [-0.3, -0.25) is 4.79 Å². The summed E-state index contributed by atoms with van der Waals surface area (Å²) >= 11 is 1.55. The Morgan fingerprint density at radius 2 is 1.69 bits per heavy atom. The van der Waals surface area contributed by atoms with Crippen LogP contribution in [0.4, 0.5) is 0 Å². The van der Waals surface area contributed by atoms with Crippen LogP contribution in [0.1, 0.15) is 53.2 Å². The first-order valence-electron chi connectivity index (χ1n) is 10.7. The largest absolute Gasteiger partial charge is 0.467 e. The Hall–Kier alpha value is -3.18. The molecule has 2 aromatic carbocycles. The molecule has 0 saturated carbocycles. The number of hydrogen-bond donors (Lipinski definition) is 0. The second-order valence-corrected chi connectivity index (χ2v) is 10.2.